The van der Waals surface area contributed by atoms with E-state index in [1.165, 1.54) is 6.21 Å². The lowest BCUT2D eigenvalue weighted by atomic mass is 10.2. The third-order valence-corrected chi connectivity index (χ3v) is 5.69. The number of anilines is 2. The van der Waals surface area contributed by atoms with Crippen LogP contribution in [0, 0.1) is 6.92 Å². The van der Waals surface area contributed by atoms with Crippen LogP contribution in [0.25, 0.3) is 0 Å². The minimum Gasteiger partial charge on any atom is -0.494 e. The summed E-state index contributed by atoms with van der Waals surface area (Å²) in [5.74, 6) is -1.06. The van der Waals surface area contributed by atoms with Crippen molar-refractivity contribution in [3.05, 3.63) is 82.3 Å². The molecule has 0 saturated heterocycles. The number of aryl methyl sites for hydroxylation is 1. The number of hydrogen-bond acceptors (Lipinski definition) is 6. The molecule has 198 valence electrons. The van der Waals surface area contributed by atoms with Gasteiger partial charge in [-0.3, -0.25) is 14.4 Å². The van der Waals surface area contributed by atoms with Gasteiger partial charge in [0, 0.05) is 21.4 Å². The van der Waals surface area contributed by atoms with E-state index in [0.29, 0.717) is 35.0 Å². The molecule has 3 amide bonds. The molecule has 3 aromatic rings. The number of halogens is 1. The molecule has 0 atom stereocenters. The zero-order valence-corrected chi connectivity index (χ0v) is 22.7. The predicted molar refractivity (Wildman–Crippen MR) is 151 cm³/mol. The number of benzene rings is 3. The van der Waals surface area contributed by atoms with E-state index in [0.717, 1.165) is 22.9 Å². The summed E-state index contributed by atoms with van der Waals surface area (Å²) in [6, 6.07) is 19.1. The third-order valence-electron chi connectivity index (χ3n) is 5.20. The van der Waals surface area contributed by atoms with E-state index in [4.69, 9.17) is 9.47 Å². The van der Waals surface area contributed by atoms with Gasteiger partial charge >= 0.3 is 11.8 Å². The predicted octanol–water partition coefficient (Wildman–Crippen LogP) is 5.04. The Bertz CT molecular complexity index is 1290. The Morgan fingerprint density at radius 1 is 0.947 bits per heavy atom. The number of carbonyl (C=O) groups excluding carboxylic acids is 3. The van der Waals surface area contributed by atoms with E-state index in [2.05, 4.69) is 44.0 Å². The van der Waals surface area contributed by atoms with Gasteiger partial charge in [-0.15, -0.1) is 0 Å². The molecule has 9 nitrogen and oxygen atoms in total. The van der Waals surface area contributed by atoms with Gasteiger partial charge in [-0.05, 0) is 73.5 Å². The summed E-state index contributed by atoms with van der Waals surface area (Å²) >= 11 is 3.39. The fourth-order valence-electron chi connectivity index (χ4n) is 3.18. The Morgan fingerprint density at radius 3 is 2.45 bits per heavy atom. The highest BCUT2D eigenvalue weighted by Crippen LogP contribution is 2.21. The van der Waals surface area contributed by atoms with E-state index in [9.17, 15) is 14.4 Å². The molecular weight excluding hydrogens is 552 g/mol. The number of nitrogens with zero attached hydrogens (tertiary/aromatic N) is 1. The quantitative estimate of drug-likeness (QED) is 0.127. The maximum absolute atomic E-state index is 12.4. The van der Waals surface area contributed by atoms with E-state index in [-0.39, 0.29) is 12.5 Å². The molecular formula is C28H29BrN4O5. The number of hydrogen-bond donors (Lipinski definition) is 3. The Labute approximate surface area is 229 Å². The Morgan fingerprint density at radius 2 is 1.71 bits per heavy atom. The average Bonchev–Trinajstić information content (AvgIpc) is 2.90. The smallest absolute Gasteiger partial charge is 0.329 e. The summed E-state index contributed by atoms with van der Waals surface area (Å²) in [5, 5.41) is 9.15. The van der Waals surface area contributed by atoms with Crippen LogP contribution in [-0.4, -0.2) is 37.1 Å². The molecule has 3 aromatic carbocycles. The first kappa shape index (κ1) is 28.4. The van der Waals surface area contributed by atoms with Crippen LogP contribution in [-0.2, 0) is 14.4 Å². The second-order valence-electron chi connectivity index (χ2n) is 8.21. The van der Waals surface area contributed by atoms with Crippen LogP contribution in [0.4, 0.5) is 11.4 Å². The van der Waals surface area contributed by atoms with Crippen molar-refractivity contribution in [2.45, 2.75) is 26.7 Å². The van der Waals surface area contributed by atoms with Gasteiger partial charge in [0.1, 0.15) is 11.5 Å². The van der Waals surface area contributed by atoms with Gasteiger partial charge in [0.05, 0.1) is 12.8 Å². The van der Waals surface area contributed by atoms with Crippen LogP contribution in [0.3, 0.4) is 0 Å². The summed E-state index contributed by atoms with van der Waals surface area (Å²) in [6.45, 7) is 4.37. The first-order valence-electron chi connectivity index (χ1n) is 12.0. The molecule has 0 spiro atoms. The molecule has 0 saturated carbocycles. The van der Waals surface area contributed by atoms with E-state index < -0.39 is 11.8 Å². The summed E-state index contributed by atoms with van der Waals surface area (Å²) in [4.78, 5) is 36.7. The fraction of sp³-hybridized carbons (Fsp3) is 0.214. The Hall–Kier alpha value is -4.18. The van der Waals surface area contributed by atoms with Gasteiger partial charge in [-0.25, -0.2) is 5.43 Å². The molecule has 0 radical (unpaired) electrons. The Kier molecular flexibility index (Phi) is 10.9. The molecule has 0 aliphatic heterocycles. The SMILES string of the molecule is CCCCOc1ccc(NC(=O)C(=O)N/N=C\c2ccccc2OCC(=O)Nc2ccc(Br)cc2C)cc1. The monoisotopic (exact) mass is 580 g/mol. The zero-order valence-electron chi connectivity index (χ0n) is 21.1. The van der Waals surface area contributed by atoms with Crippen LogP contribution in [0.15, 0.2) is 76.3 Å². The van der Waals surface area contributed by atoms with E-state index in [1.807, 2.05) is 19.1 Å². The molecule has 0 unspecified atom stereocenters. The van der Waals surface area contributed by atoms with Crippen LogP contribution in [0.2, 0.25) is 0 Å². The highest BCUT2D eigenvalue weighted by Gasteiger charge is 2.13. The largest absolute Gasteiger partial charge is 0.494 e. The molecule has 3 N–H and O–H groups in total. The number of ether oxygens (including phenoxy) is 2. The number of para-hydroxylation sites is 1. The minimum atomic E-state index is -0.938. The minimum absolute atomic E-state index is 0.225. The number of amides is 3. The van der Waals surface area contributed by atoms with E-state index >= 15 is 0 Å². The molecule has 0 bridgehead atoms. The molecule has 10 heteroatoms. The van der Waals surface area contributed by atoms with Crippen molar-refractivity contribution in [3.63, 3.8) is 0 Å². The normalized spacial score (nSPS) is 10.6. The van der Waals surface area contributed by atoms with Gasteiger partial charge in [0.15, 0.2) is 6.61 Å². The lowest BCUT2D eigenvalue weighted by Gasteiger charge is -2.11. The van der Waals surface area contributed by atoms with Crippen molar-refractivity contribution in [2.75, 3.05) is 23.8 Å². The van der Waals surface area contributed by atoms with Gasteiger partial charge in [0.2, 0.25) is 0 Å². The average molecular weight is 581 g/mol. The summed E-state index contributed by atoms with van der Waals surface area (Å²) in [7, 11) is 0. The van der Waals surface area contributed by atoms with Gasteiger partial charge in [-0.2, -0.15) is 5.10 Å². The van der Waals surface area contributed by atoms with Crippen LogP contribution < -0.4 is 25.5 Å². The number of carbonyl (C=O) groups is 3. The van der Waals surface area contributed by atoms with Crippen molar-refractivity contribution >= 4 is 51.2 Å². The number of rotatable bonds is 11. The third kappa shape index (κ3) is 9.04. The van der Waals surface area contributed by atoms with E-state index in [1.54, 1.807) is 54.6 Å². The van der Waals surface area contributed by atoms with Crippen molar-refractivity contribution in [3.8, 4) is 11.5 Å². The molecule has 3 rings (SSSR count). The molecule has 0 heterocycles. The summed E-state index contributed by atoms with van der Waals surface area (Å²) in [5.41, 5.74) is 4.75. The van der Waals surface area contributed by atoms with Crippen molar-refractivity contribution in [1.82, 2.24) is 5.43 Å². The lowest BCUT2D eigenvalue weighted by molar-refractivity contribution is -0.136. The zero-order chi connectivity index (χ0) is 27.3. The van der Waals surface area contributed by atoms with Crippen LogP contribution in [0.1, 0.15) is 30.9 Å². The number of unbranched alkanes of at least 4 members (excludes halogenated alkanes) is 1. The van der Waals surface area contributed by atoms with Crippen molar-refractivity contribution in [1.29, 1.82) is 0 Å². The first-order valence-corrected chi connectivity index (χ1v) is 12.8. The molecule has 0 aromatic heterocycles. The van der Waals surface area contributed by atoms with Gasteiger partial charge < -0.3 is 20.1 Å². The topological polar surface area (TPSA) is 118 Å². The maximum atomic E-state index is 12.4. The molecule has 0 aliphatic rings. The second kappa shape index (κ2) is 14.5. The van der Waals surface area contributed by atoms with Gasteiger partial charge in [-0.1, -0.05) is 41.4 Å². The molecule has 0 fully saturated rings. The van der Waals surface area contributed by atoms with Gasteiger partial charge in [0.25, 0.3) is 5.91 Å². The fourth-order valence-corrected chi connectivity index (χ4v) is 3.66. The number of hydrazone groups is 1. The first-order chi connectivity index (χ1) is 18.4. The Balaban J connectivity index is 1.49. The second-order valence-corrected chi connectivity index (χ2v) is 9.13. The van der Waals surface area contributed by atoms with Crippen molar-refractivity contribution < 1.29 is 23.9 Å². The maximum Gasteiger partial charge on any atom is 0.329 e. The summed E-state index contributed by atoms with van der Waals surface area (Å²) < 4.78 is 12.1. The standard InChI is InChI=1S/C28H29BrN4O5/c1-3-4-15-37-23-12-10-22(11-13-23)31-27(35)28(36)33-30-17-20-7-5-6-8-25(20)38-18-26(34)32-24-14-9-21(29)16-19(24)2/h5-14,16-17H,3-4,15,18H2,1-2H3,(H,31,35)(H,32,34)(H,33,36)/b30-17-. The highest BCUT2D eigenvalue weighted by atomic mass is 79.9. The lowest BCUT2D eigenvalue weighted by Crippen LogP contribution is -2.32. The number of nitrogens with one attached hydrogen (secondary N) is 3. The van der Waals surface area contributed by atoms with Crippen molar-refractivity contribution in [2.24, 2.45) is 5.10 Å². The summed E-state index contributed by atoms with van der Waals surface area (Å²) in [6.07, 6.45) is 3.33. The molecule has 38 heavy (non-hydrogen) atoms. The molecule has 0 aliphatic carbocycles. The highest BCUT2D eigenvalue weighted by molar-refractivity contribution is 9.10. The van der Waals surface area contributed by atoms with Crippen LogP contribution >= 0.6 is 15.9 Å². The van der Waals surface area contributed by atoms with Crippen LogP contribution in [0.5, 0.6) is 11.5 Å².